The number of nitrogens with zero attached hydrogens (tertiary/aromatic N) is 5. The van der Waals surface area contributed by atoms with Crippen LogP contribution in [0.15, 0.2) is 53.6 Å². The Morgan fingerprint density at radius 1 is 1.05 bits per heavy atom. The molecule has 10 nitrogen and oxygen atoms in total. The second-order valence-electron chi connectivity index (χ2n) is 9.98. The molecule has 0 atom stereocenters. The van der Waals surface area contributed by atoms with Gasteiger partial charge in [0, 0.05) is 57.2 Å². The second kappa shape index (κ2) is 12.3. The smallest absolute Gasteiger partial charge is 0.246 e. The topological polar surface area (TPSA) is 118 Å². The van der Waals surface area contributed by atoms with Crippen molar-refractivity contribution in [2.45, 2.75) is 30.3 Å². The van der Waals surface area contributed by atoms with Crippen LogP contribution in [0.25, 0.3) is 11.3 Å². The molecule has 2 saturated heterocycles. The average Bonchev–Trinajstić information content (AvgIpc) is 2.98. The van der Waals surface area contributed by atoms with Crippen molar-refractivity contribution in [1.82, 2.24) is 19.2 Å². The minimum Gasteiger partial charge on any atom is -0.495 e. The van der Waals surface area contributed by atoms with Crippen LogP contribution in [-0.4, -0.2) is 87.2 Å². The van der Waals surface area contributed by atoms with Crippen molar-refractivity contribution in [3.05, 3.63) is 65.6 Å². The van der Waals surface area contributed by atoms with E-state index in [1.54, 1.807) is 36.5 Å². The summed E-state index contributed by atoms with van der Waals surface area (Å²) in [6.45, 7) is 3.59. The van der Waals surface area contributed by atoms with Crippen LogP contribution in [-0.2, 0) is 21.2 Å². The van der Waals surface area contributed by atoms with Crippen molar-refractivity contribution in [1.29, 1.82) is 5.26 Å². The Morgan fingerprint density at radius 2 is 1.82 bits per heavy atom. The number of aromatic nitrogens is 2. The number of rotatable bonds is 8. The lowest BCUT2D eigenvalue weighted by atomic mass is 10.1. The normalized spacial score (nSPS) is 17.3. The molecule has 3 heterocycles. The molecule has 0 saturated carbocycles. The van der Waals surface area contributed by atoms with Gasteiger partial charge in [0.1, 0.15) is 34.4 Å². The predicted molar refractivity (Wildman–Crippen MR) is 149 cm³/mol. The zero-order valence-corrected chi connectivity index (χ0v) is 23.6. The van der Waals surface area contributed by atoms with Crippen LogP contribution in [0.1, 0.15) is 29.8 Å². The number of likely N-dealkylation sites (N-methyl/N-ethyl adjacent to an activating group) is 1. The van der Waals surface area contributed by atoms with E-state index in [0.29, 0.717) is 74.4 Å². The molecule has 11 heteroatoms. The second-order valence-corrected chi connectivity index (χ2v) is 11.9. The molecule has 1 aromatic heterocycles. The molecule has 2 aromatic carbocycles. The molecule has 2 aliphatic heterocycles. The fourth-order valence-electron chi connectivity index (χ4n) is 4.88. The molecule has 0 amide bonds. The van der Waals surface area contributed by atoms with Gasteiger partial charge in [-0.05, 0) is 49.0 Å². The molecular formula is C29H33N5O5S. The van der Waals surface area contributed by atoms with Gasteiger partial charge >= 0.3 is 0 Å². The molecule has 0 unspecified atom stereocenters. The van der Waals surface area contributed by atoms with E-state index in [-0.39, 0.29) is 11.0 Å². The van der Waals surface area contributed by atoms with Crippen LogP contribution in [0, 0.1) is 11.3 Å². The largest absolute Gasteiger partial charge is 0.495 e. The first-order valence-electron chi connectivity index (χ1n) is 13.3. The van der Waals surface area contributed by atoms with Gasteiger partial charge in [-0.3, -0.25) is 0 Å². The Bertz CT molecular complexity index is 1490. The molecule has 0 N–H and O–H groups in total. The van der Waals surface area contributed by atoms with Gasteiger partial charge in [-0.2, -0.15) is 9.57 Å². The third kappa shape index (κ3) is 6.26. The maximum absolute atomic E-state index is 13.3. The standard InChI is InChI=1S/C29H33N5O5S/c1-33-11-13-34(14-12-33)40(35,36)28-6-3-21(17-27(28)37-2)18-29-31-10-7-25(32-29)22-4-5-26(23(19-22)20-30)39-24-8-15-38-16-9-24/h3-7,10,17,19,24H,8-9,11-16,18H2,1-2H3. The van der Waals surface area contributed by atoms with Crippen molar-refractivity contribution >= 4 is 10.0 Å². The highest BCUT2D eigenvalue weighted by molar-refractivity contribution is 7.89. The Labute approximate surface area is 235 Å². The maximum Gasteiger partial charge on any atom is 0.246 e. The minimum absolute atomic E-state index is 0.0391. The third-order valence-electron chi connectivity index (χ3n) is 7.23. The molecule has 40 heavy (non-hydrogen) atoms. The van der Waals surface area contributed by atoms with Gasteiger partial charge in [-0.15, -0.1) is 0 Å². The highest BCUT2D eigenvalue weighted by atomic mass is 32.2. The summed E-state index contributed by atoms with van der Waals surface area (Å²) in [5.41, 5.74) is 2.74. The average molecular weight is 564 g/mol. The molecule has 0 aliphatic carbocycles. The number of ether oxygens (including phenoxy) is 3. The lowest BCUT2D eigenvalue weighted by molar-refractivity contribution is 0.0254. The van der Waals surface area contributed by atoms with Gasteiger partial charge in [0.05, 0.1) is 31.6 Å². The zero-order valence-electron chi connectivity index (χ0n) is 22.7. The van der Waals surface area contributed by atoms with E-state index in [4.69, 9.17) is 19.2 Å². The fourth-order valence-corrected chi connectivity index (χ4v) is 6.44. The van der Waals surface area contributed by atoms with Gasteiger partial charge in [-0.25, -0.2) is 18.4 Å². The lowest BCUT2D eigenvalue weighted by Crippen LogP contribution is -2.47. The summed E-state index contributed by atoms with van der Waals surface area (Å²) < 4.78 is 45.1. The molecule has 210 valence electrons. The van der Waals surface area contributed by atoms with Crippen LogP contribution in [0.3, 0.4) is 0 Å². The lowest BCUT2D eigenvalue weighted by Gasteiger charge is -2.31. The van der Waals surface area contributed by atoms with Crippen molar-refractivity contribution < 1.29 is 22.6 Å². The third-order valence-corrected chi connectivity index (χ3v) is 9.17. The number of nitriles is 1. The molecular weight excluding hydrogens is 530 g/mol. The zero-order chi connectivity index (χ0) is 28.1. The summed E-state index contributed by atoms with van der Waals surface area (Å²) in [7, 11) is -0.216. The summed E-state index contributed by atoms with van der Waals surface area (Å²) in [5.74, 6) is 1.42. The quantitative estimate of drug-likeness (QED) is 0.407. The molecule has 5 rings (SSSR count). The molecule has 0 spiro atoms. The van der Waals surface area contributed by atoms with Crippen LogP contribution < -0.4 is 9.47 Å². The Hall–Kier alpha value is -3.56. The summed E-state index contributed by atoms with van der Waals surface area (Å²) >= 11 is 0. The summed E-state index contributed by atoms with van der Waals surface area (Å²) in [5, 5.41) is 9.75. The summed E-state index contributed by atoms with van der Waals surface area (Å²) in [6.07, 6.45) is 3.71. The van der Waals surface area contributed by atoms with E-state index >= 15 is 0 Å². The SMILES string of the molecule is COc1cc(Cc2nccc(-c3ccc(OC4CCOCC4)c(C#N)c3)n2)ccc1S(=O)(=O)N1CCN(C)CC1. The number of hydrogen-bond donors (Lipinski definition) is 0. The number of hydrogen-bond acceptors (Lipinski definition) is 9. The van der Waals surface area contributed by atoms with E-state index in [2.05, 4.69) is 16.0 Å². The highest BCUT2D eigenvalue weighted by Gasteiger charge is 2.30. The van der Waals surface area contributed by atoms with Crippen LogP contribution >= 0.6 is 0 Å². The van der Waals surface area contributed by atoms with E-state index in [0.717, 1.165) is 24.0 Å². The first kappa shape index (κ1) is 28.0. The molecule has 3 aromatic rings. The van der Waals surface area contributed by atoms with Gasteiger partial charge in [-0.1, -0.05) is 6.07 Å². The number of piperazine rings is 1. The van der Waals surface area contributed by atoms with E-state index in [1.165, 1.54) is 11.4 Å². The Balaban J connectivity index is 1.34. The van der Waals surface area contributed by atoms with E-state index < -0.39 is 10.0 Å². The predicted octanol–water partition coefficient (Wildman–Crippen LogP) is 3.11. The van der Waals surface area contributed by atoms with Gasteiger partial charge in [0.2, 0.25) is 10.0 Å². The van der Waals surface area contributed by atoms with Gasteiger partial charge in [0.15, 0.2) is 0 Å². The summed E-state index contributed by atoms with van der Waals surface area (Å²) in [6, 6.07) is 14.6. The number of benzene rings is 2. The minimum atomic E-state index is -3.67. The Kier molecular flexibility index (Phi) is 8.61. The van der Waals surface area contributed by atoms with Crippen molar-refractivity contribution in [3.63, 3.8) is 0 Å². The first-order chi connectivity index (χ1) is 19.4. The molecule has 2 aliphatic rings. The Morgan fingerprint density at radius 3 is 2.55 bits per heavy atom. The fraction of sp³-hybridized carbons (Fsp3) is 0.414. The van der Waals surface area contributed by atoms with Crippen molar-refractivity contribution in [2.75, 3.05) is 53.6 Å². The van der Waals surface area contributed by atoms with Crippen LogP contribution in [0.5, 0.6) is 11.5 Å². The van der Waals surface area contributed by atoms with Gasteiger partial charge < -0.3 is 19.1 Å². The first-order valence-corrected chi connectivity index (χ1v) is 14.8. The van der Waals surface area contributed by atoms with Crippen molar-refractivity contribution in [3.8, 4) is 28.8 Å². The molecule has 0 radical (unpaired) electrons. The molecule has 2 fully saturated rings. The van der Waals surface area contributed by atoms with Crippen molar-refractivity contribution in [2.24, 2.45) is 0 Å². The van der Waals surface area contributed by atoms with Gasteiger partial charge in [0.25, 0.3) is 0 Å². The highest BCUT2D eigenvalue weighted by Crippen LogP contribution is 2.30. The van der Waals surface area contributed by atoms with E-state index in [1.807, 2.05) is 19.2 Å². The van der Waals surface area contributed by atoms with E-state index in [9.17, 15) is 13.7 Å². The summed E-state index contributed by atoms with van der Waals surface area (Å²) in [4.78, 5) is 11.4. The number of methoxy groups -OCH3 is 1. The maximum atomic E-state index is 13.3. The van der Waals surface area contributed by atoms with Crippen LogP contribution in [0.2, 0.25) is 0 Å². The monoisotopic (exact) mass is 563 g/mol. The van der Waals surface area contributed by atoms with Crippen LogP contribution in [0.4, 0.5) is 0 Å². The molecule has 0 bridgehead atoms. The number of sulfonamides is 1.